The maximum absolute atomic E-state index is 12.0. The molecule has 15 heteroatoms. The van der Waals surface area contributed by atoms with Gasteiger partial charge in [-0.05, 0) is 44.4 Å². The van der Waals surface area contributed by atoms with Crippen molar-refractivity contribution in [1.82, 2.24) is 15.6 Å². The number of aliphatic carboxylic acids is 2. The number of nitrogens with zero attached hydrogens (tertiary/aromatic N) is 1. The first-order valence-corrected chi connectivity index (χ1v) is 9.83. The van der Waals surface area contributed by atoms with Crippen LogP contribution in [-0.4, -0.2) is 76.7 Å². The summed E-state index contributed by atoms with van der Waals surface area (Å²) in [6, 6.07) is 3.54. The smallest absolute Gasteiger partial charge is 0.475 e. The lowest BCUT2D eigenvalue weighted by atomic mass is 9.90. The van der Waals surface area contributed by atoms with E-state index in [1.165, 1.54) is 6.42 Å². The Bertz CT molecular complexity index is 789. The summed E-state index contributed by atoms with van der Waals surface area (Å²) in [5.74, 6) is -5.59. The van der Waals surface area contributed by atoms with Crippen LogP contribution in [0.25, 0.3) is 0 Å². The summed E-state index contributed by atoms with van der Waals surface area (Å²) in [5.41, 5.74) is 0.614. The number of carboxylic acid groups (broad SMARTS) is 2. The van der Waals surface area contributed by atoms with Gasteiger partial charge in [-0.15, -0.1) is 0 Å². The van der Waals surface area contributed by atoms with Crippen molar-refractivity contribution in [2.45, 2.75) is 49.7 Å². The zero-order chi connectivity index (χ0) is 26.0. The van der Waals surface area contributed by atoms with Gasteiger partial charge in [0, 0.05) is 25.5 Å². The minimum Gasteiger partial charge on any atom is -0.475 e. The van der Waals surface area contributed by atoms with Crippen molar-refractivity contribution in [3.8, 4) is 0 Å². The molecule has 2 fully saturated rings. The van der Waals surface area contributed by atoms with Gasteiger partial charge in [0.15, 0.2) is 0 Å². The van der Waals surface area contributed by atoms with E-state index < -0.39 is 24.3 Å². The van der Waals surface area contributed by atoms with Gasteiger partial charge in [-0.25, -0.2) is 9.59 Å². The molecule has 0 unspecified atom stereocenters. The number of aromatic nitrogens is 1. The van der Waals surface area contributed by atoms with Crippen molar-refractivity contribution in [2.24, 2.45) is 0 Å². The van der Waals surface area contributed by atoms with Crippen LogP contribution in [0.3, 0.4) is 0 Å². The third-order valence-electron chi connectivity index (χ3n) is 4.68. The molecule has 1 amide bonds. The lowest BCUT2D eigenvalue weighted by Gasteiger charge is -2.38. The van der Waals surface area contributed by atoms with Crippen molar-refractivity contribution < 1.29 is 55.7 Å². The lowest BCUT2D eigenvalue weighted by Crippen LogP contribution is -2.46. The van der Waals surface area contributed by atoms with Crippen LogP contribution in [0.2, 0.25) is 0 Å². The molecule has 0 saturated carbocycles. The standard InChI is InChI=1S/C15H21N3O2.2C2HF3O2/c19-14(12-3-2-7-16-9-12)18-10-13-4-1-5-15(20-13)6-8-17-11-15;2*3-2(4,5)1(6)7/h2-3,7,9,13,17H,1,4-6,8,10-11H2,(H,18,19);2*(H,6,7)/t13-,15-;;/m1../s1. The normalized spacial score (nSPS) is 22.0. The molecule has 34 heavy (non-hydrogen) atoms. The van der Waals surface area contributed by atoms with Crippen LogP contribution in [0.4, 0.5) is 26.3 Å². The number of pyridine rings is 1. The summed E-state index contributed by atoms with van der Waals surface area (Å²) < 4.78 is 69.7. The number of alkyl halides is 6. The zero-order valence-corrected chi connectivity index (χ0v) is 17.6. The first-order chi connectivity index (χ1) is 15.7. The van der Waals surface area contributed by atoms with Crippen molar-refractivity contribution >= 4 is 17.8 Å². The number of rotatable bonds is 3. The van der Waals surface area contributed by atoms with Crippen molar-refractivity contribution in [1.29, 1.82) is 0 Å². The SMILES string of the molecule is O=C(NC[C@H]1CCC[C@]2(CCNC2)O1)c1cccnc1.O=C(O)C(F)(F)F.O=C(O)C(F)(F)F. The molecule has 1 spiro atoms. The summed E-state index contributed by atoms with van der Waals surface area (Å²) in [6.45, 7) is 2.56. The Morgan fingerprint density at radius 1 is 1.12 bits per heavy atom. The first-order valence-electron chi connectivity index (χ1n) is 9.83. The molecule has 0 aromatic carbocycles. The molecule has 3 rings (SSSR count). The number of hydrogen-bond donors (Lipinski definition) is 4. The minimum absolute atomic E-state index is 0.0158. The third-order valence-corrected chi connectivity index (χ3v) is 4.68. The maximum atomic E-state index is 12.0. The molecule has 1 aromatic heterocycles. The predicted octanol–water partition coefficient (Wildman–Crippen LogP) is 2.38. The van der Waals surface area contributed by atoms with E-state index in [1.54, 1.807) is 24.5 Å². The van der Waals surface area contributed by atoms with E-state index in [2.05, 4.69) is 15.6 Å². The van der Waals surface area contributed by atoms with E-state index in [4.69, 9.17) is 24.5 Å². The van der Waals surface area contributed by atoms with Crippen molar-refractivity contribution in [3.05, 3.63) is 30.1 Å². The number of carbonyl (C=O) groups excluding carboxylic acids is 1. The van der Waals surface area contributed by atoms with Gasteiger partial charge < -0.3 is 25.6 Å². The van der Waals surface area contributed by atoms with Crippen LogP contribution >= 0.6 is 0 Å². The Hall–Kier alpha value is -2.94. The van der Waals surface area contributed by atoms with E-state index in [-0.39, 0.29) is 17.6 Å². The third kappa shape index (κ3) is 10.3. The fraction of sp³-hybridized carbons (Fsp3) is 0.579. The maximum Gasteiger partial charge on any atom is 0.490 e. The van der Waals surface area contributed by atoms with Gasteiger partial charge in [0.1, 0.15) is 0 Å². The second-order valence-corrected chi connectivity index (χ2v) is 7.30. The molecule has 192 valence electrons. The van der Waals surface area contributed by atoms with Gasteiger partial charge in [-0.3, -0.25) is 9.78 Å². The Kier molecular flexibility index (Phi) is 10.7. The summed E-state index contributed by atoms with van der Waals surface area (Å²) in [7, 11) is 0. The Balaban J connectivity index is 0.000000343. The molecule has 0 radical (unpaired) electrons. The van der Waals surface area contributed by atoms with Crippen LogP contribution in [0.5, 0.6) is 0 Å². The number of hydrogen-bond acceptors (Lipinski definition) is 6. The van der Waals surface area contributed by atoms with Gasteiger partial charge in [-0.2, -0.15) is 26.3 Å². The molecule has 3 heterocycles. The van der Waals surface area contributed by atoms with Crippen LogP contribution in [0, 0.1) is 0 Å². The average Bonchev–Trinajstić information content (AvgIpc) is 3.19. The number of ether oxygens (including phenoxy) is 1. The van der Waals surface area contributed by atoms with Gasteiger partial charge in [0.05, 0.1) is 17.3 Å². The van der Waals surface area contributed by atoms with Crippen LogP contribution in [0.1, 0.15) is 36.0 Å². The number of halogens is 6. The zero-order valence-electron chi connectivity index (χ0n) is 17.6. The first kappa shape index (κ1) is 29.1. The molecule has 2 aliphatic rings. The molecule has 0 aliphatic carbocycles. The molecule has 1 aromatic rings. The monoisotopic (exact) mass is 503 g/mol. The molecular weight excluding hydrogens is 480 g/mol. The van der Waals surface area contributed by atoms with Crippen LogP contribution < -0.4 is 10.6 Å². The van der Waals surface area contributed by atoms with Crippen LogP contribution in [-0.2, 0) is 14.3 Å². The molecule has 0 bridgehead atoms. The van der Waals surface area contributed by atoms with Gasteiger partial charge >= 0.3 is 24.3 Å². The Labute approximate surface area is 189 Å². The minimum atomic E-state index is -5.08. The fourth-order valence-corrected chi connectivity index (χ4v) is 3.11. The second kappa shape index (κ2) is 12.5. The average molecular weight is 503 g/mol. The fourth-order valence-electron chi connectivity index (χ4n) is 3.11. The summed E-state index contributed by atoms with van der Waals surface area (Å²) in [6.07, 6.45) is -2.38. The molecular formula is C19H23F6N3O6. The van der Waals surface area contributed by atoms with E-state index in [0.717, 1.165) is 32.4 Å². The number of carbonyl (C=O) groups is 3. The highest BCUT2D eigenvalue weighted by molar-refractivity contribution is 5.93. The largest absolute Gasteiger partial charge is 0.490 e. The highest BCUT2D eigenvalue weighted by Crippen LogP contribution is 2.33. The quantitative estimate of drug-likeness (QED) is 0.462. The van der Waals surface area contributed by atoms with Crippen molar-refractivity contribution in [2.75, 3.05) is 19.6 Å². The van der Waals surface area contributed by atoms with Crippen molar-refractivity contribution in [3.63, 3.8) is 0 Å². The van der Waals surface area contributed by atoms with Gasteiger partial charge in [0.25, 0.3) is 5.91 Å². The molecule has 2 atom stereocenters. The topological polar surface area (TPSA) is 138 Å². The number of amides is 1. The summed E-state index contributed by atoms with van der Waals surface area (Å²) in [5, 5.41) is 20.6. The Morgan fingerprint density at radius 3 is 2.15 bits per heavy atom. The van der Waals surface area contributed by atoms with E-state index in [1.807, 2.05) is 0 Å². The van der Waals surface area contributed by atoms with Gasteiger partial charge in [0.2, 0.25) is 0 Å². The molecule has 2 aliphatic heterocycles. The van der Waals surface area contributed by atoms with E-state index in [0.29, 0.717) is 12.1 Å². The van der Waals surface area contributed by atoms with E-state index in [9.17, 15) is 31.1 Å². The highest BCUT2D eigenvalue weighted by Gasteiger charge is 2.40. The van der Waals surface area contributed by atoms with Crippen LogP contribution in [0.15, 0.2) is 24.5 Å². The molecule has 4 N–H and O–H groups in total. The lowest BCUT2D eigenvalue weighted by molar-refractivity contribution is -0.193. The highest BCUT2D eigenvalue weighted by atomic mass is 19.4. The van der Waals surface area contributed by atoms with E-state index >= 15 is 0 Å². The second-order valence-electron chi connectivity index (χ2n) is 7.30. The predicted molar refractivity (Wildman–Crippen MR) is 103 cm³/mol. The summed E-state index contributed by atoms with van der Waals surface area (Å²) >= 11 is 0. The van der Waals surface area contributed by atoms with Gasteiger partial charge in [-0.1, -0.05) is 0 Å². The number of nitrogens with one attached hydrogen (secondary N) is 2. The Morgan fingerprint density at radius 2 is 1.71 bits per heavy atom. The molecule has 2 saturated heterocycles. The number of carboxylic acids is 2. The summed E-state index contributed by atoms with van der Waals surface area (Å²) in [4.78, 5) is 33.7. The molecule has 9 nitrogen and oxygen atoms in total.